The summed E-state index contributed by atoms with van der Waals surface area (Å²) >= 11 is 0. The molecule has 0 saturated heterocycles. The Labute approximate surface area is 114 Å². The van der Waals surface area contributed by atoms with Gasteiger partial charge in [0.2, 0.25) is 0 Å². The van der Waals surface area contributed by atoms with Crippen molar-refractivity contribution in [2.75, 3.05) is 5.73 Å². The van der Waals surface area contributed by atoms with Crippen molar-refractivity contribution in [3.8, 4) is 11.3 Å². The summed E-state index contributed by atoms with van der Waals surface area (Å²) in [5.74, 6) is 1.99. The van der Waals surface area contributed by atoms with Crippen molar-refractivity contribution in [3.05, 3.63) is 34.6 Å². The van der Waals surface area contributed by atoms with Crippen molar-refractivity contribution in [1.29, 1.82) is 0 Å². The first kappa shape index (κ1) is 12.3. The van der Waals surface area contributed by atoms with E-state index < -0.39 is 0 Å². The van der Waals surface area contributed by atoms with E-state index >= 15 is 0 Å². The van der Waals surface area contributed by atoms with Crippen molar-refractivity contribution in [2.45, 2.75) is 46.6 Å². The number of rotatable bonds is 1. The van der Waals surface area contributed by atoms with Crippen molar-refractivity contribution in [3.63, 3.8) is 0 Å². The molecule has 3 heteroatoms. The van der Waals surface area contributed by atoms with Crippen molar-refractivity contribution < 1.29 is 0 Å². The number of imidazole rings is 1. The zero-order valence-corrected chi connectivity index (χ0v) is 12.0. The van der Waals surface area contributed by atoms with E-state index in [-0.39, 0.29) is 0 Å². The number of aryl methyl sites for hydroxylation is 4. The Morgan fingerprint density at radius 2 is 1.79 bits per heavy atom. The third kappa shape index (κ3) is 1.93. The summed E-state index contributed by atoms with van der Waals surface area (Å²) < 4.78 is 2.19. The molecule has 1 aliphatic rings. The minimum Gasteiger partial charge on any atom is -0.383 e. The van der Waals surface area contributed by atoms with E-state index in [1.165, 1.54) is 35.1 Å². The van der Waals surface area contributed by atoms with Crippen LogP contribution in [0.4, 0.5) is 5.82 Å². The first-order valence-corrected chi connectivity index (χ1v) is 7.01. The van der Waals surface area contributed by atoms with Crippen LogP contribution in [-0.4, -0.2) is 9.55 Å². The highest BCUT2D eigenvalue weighted by atomic mass is 15.1. The van der Waals surface area contributed by atoms with Gasteiger partial charge >= 0.3 is 0 Å². The number of nitrogens with two attached hydrogens (primary N) is 1. The van der Waals surface area contributed by atoms with Gasteiger partial charge in [-0.3, -0.25) is 0 Å². The molecule has 2 aromatic rings. The Morgan fingerprint density at radius 1 is 1.11 bits per heavy atom. The molecule has 0 saturated carbocycles. The molecule has 1 aromatic heterocycles. The van der Waals surface area contributed by atoms with Crippen LogP contribution >= 0.6 is 0 Å². The predicted molar refractivity (Wildman–Crippen MR) is 79.2 cm³/mol. The molecule has 100 valence electrons. The first-order chi connectivity index (χ1) is 9.08. The lowest BCUT2D eigenvalue weighted by atomic mass is 9.97. The molecule has 0 fully saturated rings. The quantitative estimate of drug-likeness (QED) is 0.848. The Balaban J connectivity index is 2.20. The van der Waals surface area contributed by atoms with E-state index in [0.29, 0.717) is 0 Å². The molecule has 1 aromatic carbocycles. The lowest BCUT2D eigenvalue weighted by molar-refractivity contribution is 0.527. The maximum atomic E-state index is 6.33. The van der Waals surface area contributed by atoms with E-state index in [9.17, 15) is 0 Å². The Morgan fingerprint density at radius 3 is 2.42 bits per heavy atom. The van der Waals surface area contributed by atoms with Crippen LogP contribution in [0.15, 0.2) is 12.1 Å². The summed E-state index contributed by atoms with van der Waals surface area (Å²) in [6, 6.07) is 4.42. The smallest absolute Gasteiger partial charge is 0.131 e. The van der Waals surface area contributed by atoms with Gasteiger partial charge < -0.3 is 10.3 Å². The molecule has 0 spiro atoms. The summed E-state index contributed by atoms with van der Waals surface area (Å²) in [6.45, 7) is 7.43. The molecule has 0 bridgehead atoms. The maximum absolute atomic E-state index is 6.33. The van der Waals surface area contributed by atoms with Gasteiger partial charge in [-0.25, -0.2) is 4.98 Å². The van der Waals surface area contributed by atoms with E-state index in [0.717, 1.165) is 30.3 Å². The van der Waals surface area contributed by atoms with Crippen LogP contribution in [-0.2, 0) is 13.0 Å². The van der Waals surface area contributed by atoms with Gasteiger partial charge in [0.25, 0.3) is 0 Å². The zero-order chi connectivity index (χ0) is 13.6. The van der Waals surface area contributed by atoms with Gasteiger partial charge in [0, 0.05) is 18.5 Å². The minimum absolute atomic E-state index is 0.838. The molecule has 3 nitrogen and oxygen atoms in total. The van der Waals surface area contributed by atoms with Gasteiger partial charge in [-0.05, 0) is 44.7 Å². The third-order valence-corrected chi connectivity index (χ3v) is 4.03. The lowest BCUT2D eigenvalue weighted by Crippen LogP contribution is -2.12. The second-order valence-electron chi connectivity index (χ2n) is 5.64. The van der Waals surface area contributed by atoms with E-state index in [1.807, 2.05) is 0 Å². The van der Waals surface area contributed by atoms with Gasteiger partial charge in [-0.2, -0.15) is 0 Å². The molecule has 2 N–H and O–H groups in total. The first-order valence-electron chi connectivity index (χ1n) is 7.01. The summed E-state index contributed by atoms with van der Waals surface area (Å²) in [7, 11) is 0. The third-order valence-electron chi connectivity index (χ3n) is 4.03. The predicted octanol–water partition coefficient (Wildman–Crippen LogP) is 3.39. The van der Waals surface area contributed by atoms with Crippen LogP contribution in [0.25, 0.3) is 11.3 Å². The van der Waals surface area contributed by atoms with E-state index in [1.54, 1.807) is 0 Å². The second-order valence-corrected chi connectivity index (χ2v) is 5.64. The Kier molecular flexibility index (Phi) is 2.85. The van der Waals surface area contributed by atoms with Crippen LogP contribution < -0.4 is 5.73 Å². The standard InChI is InChI=1S/C16H21N3/c1-10-8-11(2)14(12(3)9-10)15-16(17)19-7-5-4-6-13(19)18-15/h8-9H,4-7,17H2,1-3H3. The number of hydrogen-bond acceptors (Lipinski definition) is 2. The Bertz CT molecular complexity index is 615. The van der Waals surface area contributed by atoms with Gasteiger partial charge in [0.15, 0.2) is 0 Å². The number of nitrogen functional groups attached to an aromatic ring is 1. The van der Waals surface area contributed by atoms with Crippen LogP contribution in [0, 0.1) is 20.8 Å². The number of hydrogen-bond donors (Lipinski definition) is 1. The molecule has 0 amide bonds. The molecule has 0 radical (unpaired) electrons. The van der Waals surface area contributed by atoms with Crippen LogP contribution in [0.3, 0.4) is 0 Å². The lowest BCUT2D eigenvalue weighted by Gasteiger charge is -2.14. The highest BCUT2D eigenvalue weighted by molar-refractivity contribution is 5.76. The summed E-state index contributed by atoms with van der Waals surface area (Å²) in [6.07, 6.45) is 3.48. The molecule has 1 aliphatic heterocycles. The normalized spacial score (nSPS) is 14.5. The zero-order valence-electron chi connectivity index (χ0n) is 12.0. The van der Waals surface area contributed by atoms with Crippen LogP contribution in [0.1, 0.15) is 35.4 Å². The molecular weight excluding hydrogens is 234 g/mol. The average Bonchev–Trinajstić information content (AvgIpc) is 2.66. The average molecular weight is 255 g/mol. The fourth-order valence-corrected chi connectivity index (χ4v) is 3.24. The Hall–Kier alpha value is -1.77. The molecular formula is C16H21N3. The van der Waals surface area contributed by atoms with Gasteiger partial charge in [-0.15, -0.1) is 0 Å². The SMILES string of the molecule is Cc1cc(C)c(-c2nc3n(c2N)CCCC3)c(C)c1. The number of nitrogens with zero attached hydrogens (tertiary/aromatic N) is 2. The van der Waals surface area contributed by atoms with Crippen molar-refractivity contribution in [1.82, 2.24) is 9.55 Å². The fourth-order valence-electron chi connectivity index (χ4n) is 3.24. The van der Waals surface area contributed by atoms with Gasteiger partial charge in [0.1, 0.15) is 17.3 Å². The van der Waals surface area contributed by atoms with E-state index in [2.05, 4.69) is 37.5 Å². The molecule has 0 aliphatic carbocycles. The number of anilines is 1. The maximum Gasteiger partial charge on any atom is 0.131 e. The summed E-state index contributed by atoms with van der Waals surface area (Å²) in [5.41, 5.74) is 12.3. The molecule has 0 unspecified atom stereocenters. The monoisotopic (exact) mass is 255 g/mol. The highest BCUT2D eigenvalue weighted by Crippen LogP contribution is 2.34. The number of aromatic nitrogens is 2. The molecule has 19 heavy (non-hydrogen) atoms. The minimum atomic E-state index is 0.838. The number of fused-ring (bicyclic) bond motifs is 1. The van der Waals surface area contributed by atoms with Crippen LogP contribution in [0.2, 0.25) is 0 Å². The van der Waals surface area contributed by atoms with Crippen LogP contribution in [0.5, 0.6) is 0 Å². The highest BCUT2D eigenvalue weighted by Gasteiger charge is 2.20. The largest absolute Gasteiger partial charge is 0.383 e. The summed E-state index contributed by atoms with van der Waals surface area (Å²) in [4.78, 5) is 4.81. The number of benzene rings is 1. The van der Waals surface area contributed by atoms with Crippen molar-refractivity contribution in [2.24, 2.45) is 0 Å². The van der Waals surface area contributed by atoms with Crippen molar-refractivity contribution >= 4 is 5.82 Å². The molecule has 3 rings (SSSR count). The van der Waals surface area contributed by atoms with Gasteiger partial charge in [-0.1, -0.05) is 17.7 Å². The molecule has 2 heterocycles. The second kappa shape index (κ2) is 4.41. The van der Waals surface area contributed by atoms with Gasteiger partial charge in [0.05, 0.1) is 0 Å². The topological polar surface area (TPSA) is 43.8 Å². The molecule has 0 atom stereocenters. The fraction of sp³-hybridized carbons (Fsp3) is 0.438. The summed E-state index contributed by atoms with van der Waals surface area (Å²) in [5, 5.41) is 0. The van der Waals surface area contributed by atoms with E-state index in [4.69, 9.17) is 10.7 Å².